The second-order valence-electron chi connectivity index (χ2n) is 8.40. The highest BCUT2D eigenvalue weighted by Gasteiger charge is 2.27. The molecule has 2 aromatic carbocycles. The van der Waals surface area contributed by atoms with Gasteiger partial charge >= 0.3 is 0 Å². The number of hydrogen-bond donors (Lipinski definition) is 1. The minimum absolute atomic E-state index is 0.00380. The molecule has 0 unspecified atom stereocenters. The van der Waals surface area contributed by atoms with Crippen LogP contribution in [0.25, 0.3) is 21.8 Å². The van der Waals surface area contributed by atoms with E-state index in [-0.39, 0.29) is 29.7 Å². The number of carbonyl (C=O) groups is 2. The Balaban J connectivity index is 1.29. The molecule has 7 nitrogen and oxygen atoms in total. The second kappa shape index (κ2) is 8.94. The molecule has 0 saturated carbocycles. The zero-order chi connectivity index (χ0) is 22.8. The number of rotatable bonds is 5. The first-order valence-electron chi connectivity index (χ1n) is 11.2. The van der Waals surface area contributed by atoms with Crippen molar-refractivity contribution in [1.29, 1.82) is 0 Å². The number of pyridine rings is 1. The van der Waals surface area contributed by atoms with Crippen LogP contribution < -0.4 is 10.7 Å². The highest BCUT2D eigenvalue weighted by molar-refractivity contribution is 5.95. The van der Waals surface area contributed by atoms with E-state index in [0.29, 0.717) is 43.2 Å². The van der Waals surface area contributed by atoms with Crippen LogP contribution >= 0.6 is 0 Å². The number of aromatic nitrogens is 1. The van der Waals surface area contributed by atoms with E-state index in [1.54, 1.807) is 24.5 Å². The molecule has 1 aliphatic heterocycles. The Morgan fingerprint density at radius 2 is 1.55 bits per heavy atom. The van der Waals surface area contributed by atoms with Crippen molar-refractivity contribution in [3.63, 3.8) is 0 Å². The molecule has 168 valence electrons. The third-order valence-electron chi connectivity index (χ3n) is 6.41. The van der Waals surface area contributed by atoms with E-state index in [1.807, 2.05) is 51.9 Å². The van der Waals surface area contributed by atoms with Crippen molar-refractivity contribution in [2.45, 2.75) is 25.9 Å². The zero-order valence-corrected chi connectivity index (χ0v) is 18.2. The third-order valence-corrected chi connectivity index (χ3v) is 6.41. The molecule has 4 aromatic rings. The molecule has 0 bridgehead atoms. The molecule has 33 heavy (non-hydrogen) atoms. The van der Waals surface area contributed by atoms with Crippen molar-refractivity contribution in [2.24, 2.45) is 5.92 Å². The number of benzene rings is 2. The predicted molar refractivity (Wildman–Crippen MR) is 126 cm³/mol. The van der Waals surface area contributed by atoms with Crippen molar-refractivity contribution >= 4 is 33.6 Å². The van der Waals surface area contributed by atoms with Crippen LogP contribution in [0.2, 0.25) is 0 Å². The first kappa shape index (κ1) is 21.0. The van der Waals surface area contributed by atoms with Crippen molar-refractivity contribution in [1.82, 2.24) is 14.8 Å². The standard InChI is InChI=1S/C26H25N3O4/c30-24(28-13-11-18(12-14-28)26(32)27-16-19-6-5-15-33-19)17-29-22-9-3-1-7-20(22)25(31)21-8-2-4-10-23(21)29/h1-10,15,18H,11-14,16-17H2,(H,27,32). The zero-order valence-electron chi connectivity index (χ0n) is 18.2. The van der Waals surface area contributed by atoms with E-state index in [0.717, 1.165) is 16.8 Å². The largest absolute Gasteiger partial charge is 0.467 e. The van der Waals surface area contributed by atoms with Crippen LogP contribution in [-0.4, -0.2) is 34.4 Å². The molecule has 1 saturated heterocycles. The lowest BCUT2D eigenvalue weighted by atomic mass is 9.96. The SMILES string of the molecule is O=C(NCc1ccco1)C1CCN(C(=O)Cn2c3ccccc3c(=O)c3ccccc32)CC1. The van der Waals surface area contributed by atoms with E-state index >= 15 is 0 Å². The Hall–Kier alpha value is -3.87. The van der Waals surface area contributed by atoms with Crippen LogP contribution in [0.5, 0.6) is 0 Å². The molecule has 1 N–H and O–H groups in total. The van der Waals surface area contributed by atoms with Crippen molar-refractivity contribution in [3.8, 4) is 0 Å². The first-order chi connectivity index (χ1) is 16.1. The molecular formula is C26H25N3O4. The first-order valence-corrected chi connectivity index (χ1v) is 11.2. The fourth-order valence-corrected chi connectivity index (χ4v) is 4.61. The number of nitrogens with zero attached hydrogens (tertiary/aromatic N) is 2. The minimum atomic E-state index is -0.113. The fourth-order valence-electron chi connectivity index (χ4n) is 4.61. The molecular weight excluding hydrogens is 418 g/mol. The van der Waals surface area contributed by atoms with Gasteiger partial charge in [-0.3, -0.25) is 14.4 Å². The molecule has 2 aromatic heterocycles. The van der Waals surface area contributed by atoms with Crippen molar-refractivity contribution in [3.05, 3.63) is 82.9 Å². The lowest BCUT2D eigenvalue weighted by Gasteiger charge is -2.32. The number of hydrogen-bond acceptors (Lipinski definition) is 4. The summed E-state index contributed by atoms with van der Waals surface area (Å²) >= 11 is 0. The van der Waals surface area contributed by atoms with Gasteiger partial charge in [0.2, 0.25) is 11.8 Å². The van der Waals surface area contributed by atoms with Gasteiger partial charge in [0.15, 0.2) is 5.43 Å². The smallest absolute Gasteiger partial charge is 0.242 e. The molecule has 0 atom stereocenters. The number of furan rings is 1. The lowest BCUT2D eigenvalue weighted by Crippen LogP contribution is -2.44. The summed E-state index contributed by atoms with van der Waals surface area (Å²) in [6.45, 7) is 1.59. The number of para-hydroxylation sites is 2. The summed E-state index contributed by atoms with van der Waals surface area (Å²) in [5.74, 6) is 0.592. The third kappa shape index (κ3) is 4.14. The van der Waals surface area contributed by atoms with E-state index in [4.69, 9.17) is 4.42 Å². The van der Waals surface area contributed by atoms with Crippen molar-refractivity contribution < 1.29 is 14.0 Å². The van der Waals surface area contributed by atoms with E-state index < -0.39 is 0 Å². The van der Waals surface area contributed by atoms with Gasteiger partial charge < -0.3 is 19.2 Å². The van der Waals surface area contributed by atoms with Crippen LogP contribution in [0, 0.1) is 5.92 Å². The van der Waals surface area contributed by atoms with Crippen LogP contribution in [0.3, 0.4) is 0 Å². The molecule has 0 aliphatic carbocycles. The summed E-state index contributed by atoms with van der Waals surface area (Å²) in [5.41, 5.74) is 1.48. The summed E-state index contributed by atoms with van der Waals surface area (Å²) in [7, 11) is 0. The molecule has 0 spiro atoms. The van der Waals surface area contributed by atoms with Gasteiger partial charge in [-0.1, -0.05) is 24.3 Å². The van der Waals surface area contributed by atoms with Gasteiger partial charge in [0.25, 0.3) is 0 Å². The molecule has 1 fully saturated rings. The van der Waals surface area contributed by atoms with Gasteiger partial charge in [-0.05, 0) is 49.2 Å². The maximum atomic E-state index is 13.2. The monoisotopic (exact) mass is 443 g/mol. The van der Waals surface area contributed by atoms with Crippen LogP contribution in [0.1, 0.15) is 18.6 Å². The van der Waals surface area contributed by atoms with E-state index in [2.05, 4.69) is 5.32 Å². The van der Waals surface area contributed by atoms with E-state index in [1.165, 1.54) is 0 Å². The van der Waals surface area contributed by atoms with Gasteiger partial charge in [0, 0.05) is 29.8 Å². The summed E-state index contributed by atoms with van der Waals surface area (Å²) < 4.78 is 7.18. The van der Waals surface area contributed by atoms with Crippen LogP contribution in [0.15, 0.2) is 76.1 Å². The summed E-state index contributed by atoms with van der Waals surface area (Å²) in [6, 6.07) is 18.4. The molecule has 3 heterocycles. The maximum Gasteiger partial charge on any atom is 0.242 e. The number of likely N-dealkylation sites (tertiary alicyclic amines) is 1. The summed E-state index contributed by atoms with van der Waals surface area (Å²) in [5, 5.41) is 4.13. The average molecular weight is 444 g/mol. The van der Waals surface area contributed by atoms with Crippen molar-refractivity contribution in [2.75, 3.05) is 13.1 Å². The maximum absolute atomic E-state index is 13.2. The van der Waals surface area contributed by atoms with Crippen LogP contribution in [0.4, 0.5) is 0 Å². The highest BCUT2D eigenvalue weighted by atomic mass is 16.3. The number of amides is 2. The van der Waals surface area contributed by atoms with Gasteiger partial charge in [0.05, 0.1) is 23.8 Å². The number of fused-ring (bicyclic) bond motifs is 2. The van der Waals surface area contributed by atoms with E-state index in [9.17, 15) is 14.4 Å². The predicted octanol–water partition coefficient (Wildman–Crippen LogP) is 3.30. The fraction of sp³-hybridized carbons (Fsp3) is 0.269. The highest BCUT2D eigenvalue weighted by Crippen LogP contribution is 2.22. The molecule has 0 radical (unpaired) electrons. The van der Waals surface area contributed by atoms with Gasteiger partial charge in [-0.25, -0.2) is 0 Å². The topological polar surface area (TPSA) is 84.6 Å². The molecule has 2 amide bonds. The molecule has 5 rings (SSSR count). The van der Waals surface area contributed by atoms with Gasteiger partial charge in [-0.15, -0.1) is 0 Å². The Bertz CT molecular complexity index is 1310. The van der Waals surface area contributed by atoms with Gasteiger partial charge in [-0.2, -0.15) is 0 Å². The normalized spacial score (nSPS) is 14.6. The van der Waals surface area contributed by atoms with Gasteiger partial charge in [0.1, 0.15) is 12.3 Å². The number of piperidine rings is 1. The quantitative estimate of drug-likeness (QED) is 0.480. The summed E-state index contributed by atoms with van der Waals surface area (Å²) in [6.07, 6.45) is 2.84. The second-order valence-corrected chi connectivity index (χ2v) is 8.40. The Kier molecular flexibility index (Phi) is 5.69. The van der Waals surface area contributed by atoms with Crippen LogP contribution in [-0.2, 0) is 22.7 Å². The lowest BCUT2D eigenvalue weighted by molar-refractivity contribution is -0.136. The molecule has 1 aliphatic rings. The Morgan fingerprint density at radius 1 is 0.909 bits per heavy atom. The number of nitrogens with one attached hydrogen (secondary N) is 1. The summed E-state index contributed by atoms with van der Waals surface area (Å²) in [4.78, 5) is 40.4. The average Bonchev–Trinajstić information content (AvgIpc) is 3.39. The number of carbonyl (C=O) groups excluding carboxylic acids is 2. The molecule has 7 heteroatoms. The minimum Gasteiger partial charge on any atom is -0.467 e. The Morgan fingerprint density at radius 3 is 2.15 bits per heavy atom. The Labute approximate surface area is 190 Å².